The lowest BCUT2D eigenvalue weighted by Crippen LogP contribution is -2.19. The van der Waals surface area contributed by atoms with E-state index in [9.17, 15) is 14.0 Å². The Labute approximate surface area is 168 Å². The molecule has 7 heteroatoms. The molecule has 0 aliphatic carbocycles. The van der Waals surface area contributed by atoms with Crippen LogP contribution in [0.4, 0.5) is 15.8 Å². The van der Waals surface area contributed by atoms with Gasteiger partial charge in [0.1, 0.15) is 5.82 Å². The van der Waals surface area contributed by atoms with E-state index in [0.717, 1.165) is 5.56 Å². The smallest absolute Gasteiger partial charge is 0.255 e. The van der Waals surface area contributed by atoms with Crippen LogP contribution in [-0.4, -0.2) is 23.8 Å². The zero-order chi connectivity index (χ0) is 20.8. The van der Waals surface area contributed by atoms with E-state index < -0.39 is 11.7 Å². The van der Waals surface area contributed by atoms with Crippen molar-refractivity contribution in [1.29, 1.82) is 0 Å². The van der Waals surface area contributed by atoms with Crippen LogP contribution in [0.25, 0.3) is 11.1 Å². The molecule has 1 aromatic heterocycles. The number of rotatable bonds is 6. The maximum Gasteiger partial charge on any atom is 0.255 e. The summed E-state index contributed by atoms with van der Waals surface area (Å²) in [5.74, 6) is -1.10. The minimum atomic E-state index is -0.552. The van der Waals surface area contributed by atoms with Gasteiger partial charge in [0, 0.05) is 48.4 Å². The van der Waals surface area contributed by atoms with Gasteiger partial charge in [0.2, 0.25) is 5.91 Å². The number of hydrogen-bond acceptors (Lipinski definition) is 4. The van der Waals surface area contributed by atoms with Crippen LogP contribution in [0.1, 0.15) is 22.3 Å². The molecular weight excluding hydrogens is 371 g/mol. The number of aromatic nitrogens is 1. The Morgan fingerprint density at radius 1 is 1.14 bits per heavy atom. The topological polar surface area (TPSA) is 97.1 Å². The predicted molar refractivity (Wildman–Crippen MR) is 111 cm³/mol. The predicted octanol–water partition coefficient (Wildman–Crippen LogP) is 3.40. The van der Waals surface area contributed by atoms with Crippen LogP contribution in [0.3, 0.4) is 0 Å². The average molecular weight is 392 g/mol. The van der Waals surface area contributed by atoms with Crippen molar-refractivity contribution in [3.8, 4) is 11.1 Å². The van der Waals surface area contributed by atoms with Crippen molar-refractivity contribution >= 4 is 23.2 Å². The second-order valence-electron chi connectivity index (χ2n) is 6.48. The van der Waals surface area contributed by atoms with Crippen LogP contribution < -0.4 is 16.4 Å². The van der Waals surface area contributed by atoms with Crippen LogP contribution in [-0.2, 0) is 11.2 Å². The lowest BCUT2D eigenvalue weighted by molar-refractivity contribution is -0.120. The summed E-state index contributed by atoms with van der Waals surface area (Å²) in [6, 6.07) is 12.9. The molecular formula is C22H21FN4O2. The molecule has 0 fully saturated rings. The van der Waals surface area contributed by atoms with Crippen LogP contribution in [0.2, 0.25) is 0 Å². The zero-order valence-corrected chi connectivity index (χ0v) is 15.9. The highest BCUT2D eigenvalue weighted by molar-refractivity contribution is 6.05. The Bertz CT molecular complexity index is 1050. The molecule has 0 unspecified atom stereocenters. The fraction of sp³-hybridized carbons (Fsp3) is 0.136. The molecule has 0 bridgehead atoms. The van der Waals surface area contributed by atoms with Crippen LogP contribution in [0.5, 0.6) is 0 Å². The minimum absolute atomic E-state index is 0.0880. The number of para-hydroxylation sites is 1. The first-order chi connectivity index (χ1) is 14.0. The summed E-state index contributed by atoms with van der Waals surface area (Å²) in [5.41, 5.74) is 8.95. The molecule has 0 saturated heterocycles. The number of benzene rings is 2. The molecule has 0 aliphatic heterocycles. The van der Waals surface area contributed by atoms with Crippen molar-refractivity contribution in [3.63, 3.8) is 0 Å². The number of carbonyl (C=O) groups excluding carboxylic acids is 2. The number of aryl methyl sites for hydroxylation is 1. The second kappa shape index (κ2) is 8.97. The van der Waals surface area contributed by atoms with Gasteiger partial charge in [-0.2, -0.15) is 0 Å². The van der Waals surface area contributed by atoms with Gasteiger partial charge < -0.3 is 16.4 Å². The van der Waals surface area contributed by atoms with Gasteiger partial charge >= 0.3 is 0 Å². The van der Waals surface area contributed by atoms with Crippen molar-refractivity contribution in [2.75, 3.05) is 18.1 Å². The summed E-state index contributed by atoms with van der Waals surface area (Å²) in [6.07, 6.45) is 3.84. The van der Waals surface area contributed by atoms with E-state index in [1.165, 1.54) is 18.3 Å². The fourth-order valence-electron chi connectivity index (χ4n) is 2.95. The first-order valence-electron chi connectivity index (χ1n) is 9.08. The third kappa shape index (κ3) is 4.95. The van der Waals surface area contributed by atoms with Crippen molar-refractivity contribution in [3.05, 3.63) is 77.9 Å². The van der Waals surface area contributed by atoms with Gasteiger partial charge in [-0.05, 0) is 47.9 Å². The van der Waals surface area contributed by atoms with Gasteiger partial charge in [-0.1, -0.05) is 18.2 Å². The zero-order valence-electron chi connectivity index (χ0n) is 15.9. The number of amides is 2. The Kier molecular flexibility index (Phi) is 6.19. The maximum absolute atomic E-state index is 14.2. The normalized spacial score (nSPS) is 10.4. The maximum atomic E-state index is 14.2. The summed E-state index contributed by atoms with van der Waals surface area (Å²) >= 11 is 0. The molecule has 0 spiro atoms. The molecule has 1 heterocycles. The molecule has 2 amide bonds. The number of carbonyl (C=O) groups is 2. The quantitative estimate of drug-likeness (QED) is 0.599. The molecule has 3 aromatic rings. The largest absolute Gasteiger partial charge is 0.398 e. The van der Waals surface area contributed by atoms with Gasteiger partial charge in [-0.3, -0.25) is 14.6 Å². The molecule has 0 radical (unpaired) electrons. The molecule has 2 aromatic carbocycles. The van der Waals surface area contributed by atoms with Crippen molar-refractivity contribution in [2.45, 2.75) is 12.8 Å². The van der Waals surface area contributed by atoms with Crippen LogP contribution >= 0.6 is 0 Å². The standard InChI is InChI=1S/C22H21FN4O2/c1-25-21(28)7-6-14-4-2-3-5-20(14)27-22(29)16-10-15(11-17(23)12-16)18-13-26-9-8-19(18)24/h2-5,8-13H,6-7H2,1H3,(H2,24,26)(H,25,28)(H,27,29). The lowest BCUT2D eigenvalue weighted by Gasteiger charge is -2.12. The summed E-state index contributed by atoms with van der Waals surface area (Å²) in [6.45, 7) is 0. The summed E-state index contributed by atoms with van der Waals surface area (Å²) in [4.78, 5) is 28.3. The first-order valence-corrected chi connectivity index (χ1v) is 9.08. The molecule has 3 rings (SSSR count). The SMILES string of the molecule is CNC(=O)CCc1ccccc1NC(=O)c1cc(F)cc(-c2cnccc2N)c1. The first kappa shape index (κ1) is 20.0. The number of pyridine rings is 1. The van der Waals surface area contributed by atoms with E-state index >= 15 is 0 Å². The Morgan fingerprint density at radius 2 is 1.93 bits per heavy atom. The van der Waals surface area contributed by atoms with Gasteiger partial charge in [-0.15, -0.1) is 0 Å². The van der Waals surface area contributed by atoms with Gasteiger partial charge in [-0.25, -0.2) is 4.39 Å². The van der Waals surface area contributed by atoms with E-state index in [0.29, 0.717) is 35.3 Å². The molecule has 0 aliphatic rings. The molecule has 148 valence electrons. The molecule has 0 saturated carbocycles. The molecule has 6 nitrogen and oxygen atoms in total. The number of halogens is 1. The average Bonchev–Trinajstić information content (AvgIpc) is 2.72. The van der Waals surface area contributed by atoms with Crippen LogP contribution in [0.15, 0.2) is 60.9 Å². The highest BCUT2D eigenvalue weighted by Gasteiger charge is 2.14. The third-order valence-electron chi connectivity index (χ3n) is 4.49. The van der Waals surface area contributed by atoms with E-state index in [4.69, 9.17) is 5.73 Å². The highest BCUT2D eigenvalue weighted by atomic mass is 19.1. The molecule has 29 heavy (non-hydrogen) atoms. The van der Waals surface area contributed by atoms with Crippen molar-refractivity contribution < 1.29 is 14.0 Å². The summed E-state index contributed by atoms with van der Waals surface area (Å²) in [5, 5.41) is 5.38. The summed E-state index contributed by atoms with van der Waals surface area (Å²) < 4.78 is 14.2. The highest BCUT2D eigenvalue weighted by Crippen LogP contribution is 2.27. The number of hydrogen-bond donors (Lipinski definition) is 3. The number of nitrogens with zero attached hydrogens (tertiary/aromatic N) is 1. The number of nitrogens with two attached hydrogens (primary N) is 1. The lowest BCUT2D eigenvalue weighted by atomic mass is 10.0. The Morgan fingerprint density at radius 3 is 2.69 bits per heavy atom. The van der Waals surface area contributed by atoms with Gasteiger partial charge in [0.25, 0.3) is 5.91 Å². The number of nitrogens with one attached hydrogen (secondary N) is 2. The summed E-state index contributed by atoms with van der Waals surface area (Å²) in [7, 11) is 1.58. The van der Waals surface area contributed by atoms with Crippen LogP contribution in [0, 0.1) is 5.82 Å². The number of anilines is 2. The Balaban J connectivity index is 1.85. The van der Waals surface area contributed by atoms with E-state index in [-0.39, 0.29) is 11.5 Å². The van der Waals surface area contributed by atoms with Gasteiger partial charge in [0.05, 0.1) is 0 Å². The van der Waals surface area contributed by atoms with Crippen molar-refractivity contribution in [2.24, 2.45) is 0 Å². The van der Waals surface area contributed by atoms with Crippen molar-refractivity contribution in [1.82, 2.24) is 10.3 Å². The van der Waals surface area contributed by atoms with E-state index in [1.54, 1.807) is 37.5 Å². The molecule has 4 N–H and O–H groups in total. The monoisotopic (exact) mass is 392 g/mol. The fourth-order valence-corrected chi connectivity index (χ4v) is 2.95. The van der Waals surface area contributed by atoms with E-state index in [2.05, 4.69) is 15.6 Å². The minimum Gasteiger partial charge on any atom is -0.398 e. The molecule has 0 atom stereocenters. The third-order valence-corrected chi connectivity index (χ3v) is 4.49. The van der Waals surface area contributed by atoms with E-state index in [1.807, 2.05) is 12.1 Å². The second-order valence-corrected chi connectivity index (χ2v) is 6.48. The number of nitrogen functional groups attached to an aromatic ring is 1. The Hall–Kier alpha value is -3.74. The van der Waals surface area contributed by atoms with Gasteiger partial charge in [0.15, 0.2) is 0 Å².